The van der Waals surface area contributed by atoms with Crippen LogP contribution >= 0.6 is 46.7 Å². The third kappa shape index (κ3) is 12.2. The topological polar surface area (TPSA) is 382 Å². The van der Waals surface area contributed by atoms with E-state index < -0.39 is 104 Å². The summed E-state index contributed by atoms with van der Waals surface area (Å²) in [6, 6.07) is 8.61. The SMILES string of the molecule is CCC1CC(C)(C)[N+](C)=c2cc3c(cc21)=C(c1c(Cl)cc(C(=O)NCC#Cc2cn([C@H]4CC[C@@H](COP(=O)(O)OP(=O)(O)OP(=O)(O)O)O4)c4nc(N)[nH]c(=O)c24)c(Cl)c1C(=O)O)c1cc2c(cc1O3)N(C)C(C)(C)CC2CS(=O)(=O)O. The van der Waals surface area contributed by atoms with Crippen LogP contribution in [-0.4, -0.2) is 114 Å². The van der Waals surface area contributed by atoms with Gasteiger partial charge in [0, 0.05) is 70.4 Å². The number of fused-ring (bicyclic) bond motifs is 5. The summed E-state index contributed by atoms with van der Waals surface area (Å²) in [5.74, 6) is 2.28. The first-order valence-corrected chi connectivity index (χ1v) is 32.1. The number of nitrogens with one attached hydrogen (secondary N) is 2. The van der Waals surface area contributed by atoms with Gasteiger partial charge >= 0.3 is 29.4 Å². The van der Waals surface area contributed by atoms with E-state index in [1.807, 2.05) is 45.0 Å². The molecular formula is C50H57Cl2N7O19P3S+. The molecule has 1 amide bonds. The molecule has 0 spiro atoms. The van der Waals surface area contributed by atoms with E-state index in [2.05, 4.69) is 61.1 Å². The number of amides is 1. The quantitative estimate of drug-likeness (QED) is 0.0252. The van der Waals surface area contributed by atoms with Gasteiger partial charge in [-0.15, -0.1) is 0 Å². The predicted octanol–water partition coefficient (Wildman–Crippen LogP) is 5.85. The number of nitrogens with two attached hydrogens (primary N) is 1. The van der Waals surface area contributed by atoms with Crippen molar-refractivity contribution >= 4 is 96.9 Å². The molecule has 4 aliphatic heterocycles. The number of carboxylic acid groups (broad SMARTS) is 1. The van der Waals surface area contributed by atoms with Crippen molar-refractivity contribution in [3.05, 3.63) is 106 Å². The molecule has 3 aromatic carbocycles. The Hall–Kier alpha value is -5.49. The number of benzene rings is 3. The lowest BCUT2D eigenvalue weighted by Crippen LogP contribution is -2.51. The Kier molecular flexibility index (Phi) is 16.3. The van der Waals surface area contributed by atoms with Gasteiger partial charge in [-0.25, -0.2) is 23.1 Å². The smallest absolute Gasteiger partial charge is 0.478 e. The number of aromatic amines is 1. The highest BCUT2D eigenvalue weighted by atomic mass is 35.5. The molecule has 440 valence electrons. The summed E-state index contributed by atoms with van der Waals surface area (Å²) in [7, 11) is -17.5. The van der Waals surface area contributed by atoms with Crippen LogP contribution in [0.2, 0.25) is 10.0 Å². The number of hydrogen-bond acceptors (Lipinski definition) is 16. The van der Waals surface area contributed by atoms with Crippen LogP contribution in [0.15, 0.2) is 41.3 Å². The molecule has 32 heteroatoms. The summed E-state index contributed by atoms with van der Waals surface area (Å²) in [4.78, 5) is 86.8. The molecule has 82 heavy (non-hydrogen) atoms. The van der Waals surface area contributed by atoms with Crippen molar-refractivity contribution in [1.29, 1.82) is 0 Å². The first-order valence-electron chi connectivity index (χ1n) is 25.2. The van der Waals surface area contributed by atoms with Crippen molar-refractivity contribution in [3.8, 4) is 23.3 Å². The molecular weight excluding hydrogens is 1200 g/mol. The normalized spacial score (nSPS) is 21.5. The fraction of sp³-hybridized carbons (Fsp3) is 0.420. The highest BCUT2D eigenvalue weighted by Crippen LogP contribution is 2.66. The minimum atomic E-state index is -5.77. The molecule has 26 nitrogen and oxygen atoms in total. The van der Waals surface area contributed by atoms with E-state index in [4.69, 9.17) is 52.7 Å². The first-order chi connectivity index (χ1) is 38.0. The van der Waals surface area contributed by atoms with Crippen LogP contribution in [-0.2, 0) is 41.7 Å². The first kappa shape index (κ1) is 61.1. The minimum absolute atomic E-state index is 0.001000. The molecule has 1 saturated heterocycles. The third-order valence-corrected chi connectivity index (χ3v) is 20.6. The predicted molar refractivity (Wildman–Crippen MR) is 299 cm³/mol. The molecule has 2 aromatic heterocycles. The number of ether oxygens (including phenoxy) is 2. The molecule has 6 heterocycles. The minimum Gasteiger partial charge on any atom is -0.478 e. The number of H-pyrrole nitrogens is 1. The van der Waals surface area contributed by atoms with Crippen LogP contribution in [0, 0.1) is 11.8 Å². The highest BCUT2D eigenvalue weighted by molar-refractivity contribution is 7.85. The number of aromatic carboxylic acids is 1. The molecule has 1 fully saturated rings. The molecule has 6 atom stereocenters. The number of phosphoric ester groups is 1. The van der Waals surface area contributed by atoms with E-state index in [1.165, 1.54) is 16.8 Å². The Labute approximate surface area is 478 Å². The van der Waals surface area contributed by atoms with E-state index in [0.717, 1.165) is 23.8 Å². The van der Waals surface area contributed by atoms with Crippen LogP contribution in [0.3, 0.4) is 0 Å². The number of nitrogens with zero attached hydrogens (tertiary/aromatic N) is 4. The lowest BCUT2D eigenvalue weighted by molar-refractivity contribution is -0.0202. The maximum absolute atomic E-state index is 14.1. The fourth-order valence-electron chi connectivity index (χ4n) is 11.2. The second kappa shape index (κ2) is 21.9. The van der Waals surface area contributed by atoms with Crippen LogP contribution in [0.25, 0.3) is 16.6 Å². The number of nitrogen functional groups attached to an aromatic ring is 1. The van der Waals surface area contributed by atoms with Gasteiger partial charge in [-0.2, -0.15) is 22.0 Å². The fourth-order valence-corrected chi connectivity index (χ4v) is 15.7. The number of carbonyl (C=O) groups is 2. The molecule has 0 radical (unpaired) electrons. The van der Waals surface area contributed by atoms with Crippen molar-refractivity contribution in [2.24, 2.45) is 0 Å². The van der Waals surface area contributed by atoms with Gasteiger partial charge in [0.15, 0.2) is 11.2 Å². The van der Waals surface area contributed by atoms with Crippen LogP contribution < -0.4 is 41.4 Å². The zero-order valence-corrected chi connectivity index (χ0v) is 49.8. The number of phosphoric acid groups is 3. The molecule has 4 aliphatic rings. The van der Waals surface area contributed by atoms with Gasteiger partial charge in [0.1, 0.15) is 24.8 Å². The summed E-state index contributed by atoms with van der Waals surface area (Å²) in [6.07, 6.45) is 1.66. The number of carbonyl (C=O) groups excluding carboxylic acids is 1. The number of hydrogen-bond donors (Lipinski definition) is 9. The van der Waals surface area contributed by atoms with Gasteiger partial charge in [0.25, 0.3) is 21.6 Å². The molecule has 0 bridgehead atoms. The maximum atomic E-state index is 14.1. The summed E-state index contributed by atoms with van der Waals surface area (Å²) >= 11 is 14.3. The number of anilines is 2. The third-order valence-electron chi connectivity index (χ3n) is 15.3. The van der Waals surface area contributed by atoms with Crippen molar-refractivity contribution in [3.63, 3.8) is 0 Å². The Bertz CT molecular complexity index is 4100. The maximum Gasteiger partial charge on any atom is 0.490 e. The lowest BCUT2D eigenvalue weighted by atomic mass is 9.77. The molecule has 10 N–H and O–H groups in total. The Morgan fingerprint density at radius 1 is 1.00 bits per heavy atom. The zero-order valence-electron chi connectivity index (χ0n) is 44.8. The van der Waals surface area contributed by atoms with Gasteiger partial charge in [0.2, 0.25) is 11.3 Å². The largest absolute Gasteiger partial charge is 0.490 e. The summed E-state index contributed by atoms with van der Waals surface area (Å²) < 4.78 is 99.0. The standard InChI is InChI=1S/C50H56Cl2N7O19P3S/c1-8-24-19-49(2,3)57(6)34-17-36-30(14-28(24)34)40(31-15-29-26(23-82(71,72)73)20-50(4,5)58(7)35(29)18-37(31)76-36)41-33(51)16-32(43(52)42(41)47(62)63)45(60)54-13-9-10-25-21-59(44-39(25)46(61)56-48(53)55-44)38-12-11-27(75-38)22-74-80(67,68)78-81(69,70)77-79(64,65)66/h14-18,21,24,26-27,38H,8,11-13,19-20,22-23H2,1-7H3,(H9-,53,54,55,56,60,61,62,63,64,65,66,67,68,69,70,71,72,73)/p+1/t24?,26?,27-,38+/m0/s1. The van der Waals surface area contributed by atoms with Gasteiger partial charge in [0.05, 0.1) is 63.2 Å². The van der Waals surface area contributed by atoms with E-state index in [-0.39, 0.29) is 68.6 Å². The average Bonchev–Trinajstić information content (AvgIpc) is 3.91. The molecule has 5 aromatic rings. The number of aromatic nitrogens is 3. The van der Waals surface area contributed by atoms with Crippen molar-refractivity contribution in [2.75, 3.05) is 43.6 Å². The zero-order chi connectivity index (χ0) is 60.1. The Morgan fingerprint density at radius 2 is 1.71 bits per heavy atom. The van der Waals surface area contributed by atoms with Gasteiger partial charge in [-0.3, -0.25) is 23.6 Å². The lowest BCUT2D eigenvalue weighted by Gasteiger charge is -2.46. The molecule has 4 unspecified atom stereocenters. The second-order valence-corrected chi connectivity index (χ2v) is 28.2. The van der Waals surface area contributed by atoms with Crippen LogP contribution in [0.1, 0.15) is 133 Å². The van der Waals surface area contributed by atoms with E-state index in [9.17, 15) is 55.9 Å². The summed E-state index contributed by atoms with van der Waals surface area (Å²) in [5.41, 5.74) is 6.30. The second-order valence-electron chi connectivity index (χ2n) is 21.5. The van der Waals surface area contributed by atoms with Gasteiger partial charge < -0.3 is 54.7 Å². The number of rotatable bonds is 15. The Morgan fingerprint density at radius 3 is 2.37 bits per heavy atom. The molecule has 0 aliphatic carbocycles. The molecule has 9 rings (SSSR count). The molecule has 0 saturated carbocycles. The van der Waals surface area contributed by atoms with Crippen LogP contribution in [0.4, 0.5) is 11.6 Å². The Balaban J connectivity index is 1.06. The summed E-state index contributed by atoms with van der Waals surface area (Å²) in [5, 5.41) is 14.4. The monoisotopic (exact) mass is 1250 g/mol. The van der Waals surface area contributed by atoms with Crippen molar-refractivity contribution in [2.45, 2.75) is 102 Å². The number of carboxylic acids is 1. The van der Waals surface area contributed by atoms with E-state index >= 15 is 0 Å². The van der Waals surface area contributed by atoms with Gasteiger partial charge in [-0.1, -0.05) is 42.0 Å². The van der Waals surface area contributed by atoms with Crippen molar-refractivity contribution in [1.82, 2.24) is 24.4 Å². The highest BCUT2D eigenvalue weighted by Gasteiger charge is 2.44. The number of halogens is 2. The average molecular weight is 1260 g/mol. The van der Waals surface area contributed by atoms with E-state index in [0.29, 0.717) is 40.0 Å². The van der Waals surface area contributed by atoms with Gasteiger partial charge in [-0.05, 0) is 83.1 Å². The summed E-state index contributed by atoms with van der Waals surface area (Å²) in [6.45, 7) is 9.15. The van der Waals surface area contributed by atoms with Crippen molar-refractivity contribution < 1.29 is 83.6 Å². The van der Waals surface area contributed by atoms with Crippen LogP contribution in [0.5, 0.6) is 11.5 Å². The van der Waals surface area contributed by atoms with E-state index in [1.54, 1.807) is 12.1 Å².